The molecule has 0 radical (unpaired) electrons. The number of fused-ring (bicyclic) bond motifs is 18. The summed E-state index contributed by atoms with van der Waals surface area (Å²) >= 11 is 0. The molecule has 0 atom stereocenters. The summed E-state index contributed by atoms with van der Waals surface area (Å²) in [6.45, 7) is 8.58. The summed E-state index contributed by atoms with van der Waals surface area (Å²) in [5.41, 5.74) is 34.0. The van der Waals surface area contributed by atoms with Crippen LogP contribution in [0.4, 0.5) is 0 Å². The van der Waals surface area contributed by atoms with E-state index in [1.165, 1.54) is 209 Å². The zero-order valence-corrected chi connectivity index (χ0v) is 68.6. The molecule has 0 saturated heterocycles. The van der Waals surface area contributed by atoms with Crippen LogP contribution in [0, 0.1) is 27.7 Å². The predicted molar refractivity (Wildman–Crippen MR) is 514 cm³/mol. The van der Waals surface area contributed by atoms with Crippen LogP contribution in [0.15, 0.2) is 400 Å². The van der Waals surface area contributed by atoms with Crippen LogP contribution in [0.5, 0.6) is 11.5 Å². The van der Waals surface area contributed by atoms with E-state index < -0.39 is 0 Å². The molecule has 6 aromatic heterocycles. The van der Waals surface area contributed by atoms with Gasteiger partial charge in [0.15, 0.2) is 0 Å². The van der Waals surface area contributed by atoms with Crippen LogP contribution in [0.25, 0.3) is 198 Å². The molecule has 122 heavy (non-hydrogen) atoms. The Morgan fingerprint density at radius 3 is 0.557 bits per heavy atom. The number of ether oxygens (including phenoxy) is 2. The number of para-hydroxylation sites is 6. The first-order valence-electron chi connectivity index (χ1n) is 41.8. The number of hydrogen-bond acceptors (Lipinski definition) is 2. The summed E-state index contributed by atoms with van der Waals surface area (Å²) in [6, 6.07) is 145. The Labute approximate surface area is 706 Å². The first kappa shape index (κ1) is 72.8. The number of methoxy groups -OCH3 is 2. The molecule has 0 fully saturated rings. The van der Waals surface area contributed by atoms with E-state index in [4.69, 9.17) is 9.47 Å². The van der Waals surface area contributed by atoms with Gasteiger partial charge >= 0.3 is 0 Å². The van der Waals surface area contributed by atoms with Crippen molar-refractivity contribution < 1.29 is 9.47 Å². The molecular formula is C114H84N6O2. The molecule has 8 heteroatoms. The van der Waals surface area contributed by atoms with Crippen LogP contribution in [-0.2, 0) is 0 Å². The zero-order chi connectivity index (χ0) is 81.8. The lowest BCUT2D eigenvalue weighted by atomic mass is 10.0. The summed E-state index contributed by atoms with van der Waals surface area (Å²) in [4.78, 5) is 0. The molecule has 0 spiro atoms. The van der Waals surface area contributed by atoms with Gasteiger partial charge in [-0.05, 0) is 278 Å². The molecule has 0 aliphatic carbocycles. The van der Waals surface area contributed by atoms with Crippen molar-refractivity contribution in [2.45, 2.75) is 27.7 Å². The van der Waals surface area contributed by atoms with E-state index in [9.17, 15) is 0 Å². The Bertz CT molecular complexity index is 7760. The summed E-state index contributed by atoms with van der Waals surface area (Å²) in [5, 5.41) is 15.1. The van der Waals surface area contributed by atoms with Gasteiger partial charge in [-0.25, -0.2) is 0 Å². The first-order chi connectivity index (χ1) is 60.0. The van der Waals surface area contributed by atoms with E-state index in [1.54, 1.807) is 14.2 Å². The fraction of sp³-hybridized carbons (Fsp3) is 0.0526. The predicted octanol–water partition coefficient (Wildman–Crippen LogP) is 29.9. The van der Waals surface area contributed by atoms with Crippen molar-refractivity contribution in [2.24, 2.45) is 0 Å². The average molecular weight is 1570 g/mol. The van der Waals surface area contributed by atoms with Crippen LogP contribution in [0.3, 0.4) is 0 Å². The first-order valence-corrected chi connectivity index (χ1v) is 41.8. The fourth-order valence-corrected chi connectivity index (χ4v) is 19.0. The summed E-state index contributed by atoms with van der Waals surface area (Å²) in [7, 11) is 3.40. The standard InChI is InChI=1S/C38H28N2O2.2C38H28N2/c1-41-29-17-13-27(14-18-29)39-35-9-5-3-7-31(35)33-23-25(11-21-37(33)39)26-12-22-38-34(24-26)32-8-4-6-10-36(32)40(38)28-15-19-30(42-2)20-16-28;1-25-9-7-11-29(21-25)39-35-15-5-3-13-31(35)33-23-27(17-19-37(33)39)28-18-20-38-34(24-28)32-14-4-6-16-36(32)40(38)30-12-8-10-26(2)22-30;1-25-11-17-29(18-12-25)39-35-9-5-3-7-31(35)33-23-27(15-21-37(33)39)28-16-22-38-34(24-28)32-8-4-6-10-36(32)40(38)30-19-13-26(2)14-20-30/h3-24H,1-2H3;2*3-24H,1-2H3. The van der Waals surface area contributed by atoms with Crippen LogP contribution in [-0.4, -0.2) is 41.6 Å². The van der Waals surface area contributed by atoms with Gasteiger partial charge in [-0.15, -0.1) is 0 Å². The Hall–Kier alpha value is -15.6. The van der Waals surface area contributed by atoms with Crippen LogP contribution in [0.1, 0.15) is 22.3 Å². The summed E-state index contributed by atoms with van der Waals surface area (Å²) < 4.78 is 25.0. The third kappa shape index (κ3) is 12.4. The Balaban J connectivity index is 0.000000109. The quantitative estimate of drug-likeness (QED) is 0.130. The maximum Gasteiger partial charge on any atom is 0.119 e. The molecule has 0 aliphatic rings. The van der Waals surface area contributed by atoms with Gasteiger partial charge in [-0.2, -0.15) is 0 Å². The second-order valence-electron chi connectivity index (χ2n) is 32.3. The molecule has 0 bridgehead atoms. The lowest BCUT2D eigenvalue weighted by Gasteiger charge is -2.10. The van der Waals surface area contributed by atoms with Crippen molar-refractivity contribution in [3.05, 3.63) is 423 Å². The number of aryl methyl sites for hydroxylation is 4. The Morgan fingerprint density at radius 1 is 0.148 bits per heavy atom. The summed E-state index contributed by atoms with van der Waals surface area (Å²) in [5.74, 6) is 1.70. The minimum absolute atomic E-state index is 0.852. The molecule has 0 saturated carbocycles. The van der Waals surface area contributed by atoms with E-state index in [2.05, 4.69) is 431 Å². The lowest BCUT2D eigenvalue weighted by Crippen LogP contribution is -1.94. The van der Waals surface area contributed by atoms with Crippen molar-refractivity contribution in [2.75, 3.05) is 14.2 Å². The van der Waals surface area contributed by atoms with Crippen molar-refractivity contribution >= 4 is 131 Å². The average Bonchev–Trinajstić information content (AvgIpc) is 1.59. The molecule has 24 aromatic rings. The van der Waals surface area contributed by atoms with Gasteiger partial charge in [0.05, 0.1) is 80.4 Å². The third-order valence-corrected chi connectivity index (χ3v) is 24.8. The minimum atomic E-state index is 0.852. The maximum absolute atomic E-state index is 5.40. The van der Waals surface area contributed by atoms with Gasteiger partial charge in [0.1, 0.15) is 11.5 Å². The van der Waals surface area contributed by atoms with E-state index in [0.717, 1.165) is 22.9 Å². The van der Waals surface area contributed by atoms with E-state index in [-0.39, 0.29) is 0 Å². The molecule has 0 N–H and O–H groups in total. The highest BCUT2D eigenvalue weighted by Gasteiger charge is 2.22. The van der Waals surface area contributed by atoms with Gasteiger partial charge in [0.2, 0.25) is 0 Å². The molecule has 0 aliphatic heterocycles. The topological polar surface area (TPSA) is 48.0 Å². The third-order valence-electron chi connectivity index (χ3n) is 24.8. The van der Waals surface area contributed by atoms with Crippen molar-refractivity contribution in [1.82, 2.24) is 27.4 Å². The minimum Gasteiger partial charge on any atom is -0.497 e. The molecule has 18 aromatic carbocycles. The SMILES string of the molecule is COc1ccc(-n2c3ccccc3c3cc(-c4ccc5c(c4)c4ccccc4n5-c4ccc(OC)cc4)ccc32)cc1.Cc1ccc(-n2c3ccccc3c3cc(-c4ccc5c(c4)c4ccccc4n5-c4ccc(C)cc4)ccc32)cc1.Cc1cccc(-n2c3ccccc3c3cc(-c4ccc5c(c4)c4ccccc4n5-c4cccc(C)c4)ccc32)c1. The fourth-order valence-electron chi connectivity index (χ4n) is 19.0. The molecule has 6 heterocycles. The molecule has 582 valence electrons. The zero-order valence-electron chi connectivity index (χ0n) is 68.6. The van der Waals surface area contributed by atoms with E-state index in [0.29, 0.717) is 0 Å². The second kappa shape index (κ2) is 29.8. The smallest absolute Gasteiger partial charge is 0.119 e. The van der Waals surface area contributed by atoms with Gasteiger partial charge in [-0.1, -0.05) is 205 Å². The summed E-state index contributed by atoms with van der Waals surface area (Å²) in [6.07, 6.45) is 0. The number of rotatable bonds is 11. The van der Waals surface area contributed by atoms with Gasteiger partial charge in [-0.3, -0.25) is 0 Å². The van der Waals surface area contributed by atoms with Crippen molar-refractivity contribution in [3.63, 3.8) is 0 Å². The number of nitrogens with zero attached hydrogens (tertiary/aromatic N) is 6. The van der Waals surface area contributed by atoms with E-state index in [1.807, 2.05) is 24.3 Å². The monoisotopic (exact) mass is 1570 g/mol. The lowest BCUT2D eigenvalue weighted by molar-refractivity contribution is 0.414. The van der Waals surface area contributed by atoms with Gasteiger partial charge < -0.3 is 36.9 Å². The Morgan fingerprint density at radius 2 is 0.344 bits per heavy atom. The largest absolute Gasteiger partial charge is 0.497 e. The molecule has 24 rings (SSSR count). The van der Waals surface area contributed by atoms with Gasteiger partial charge in [0, 0.05) is 98.8 Å². The normalized spacial score (nSPS) is 11.7. The second-order valence-corrected chi connectivity index (χ2v) is 32.3. The highest BCUT2D eigenvalue weighted by atomic mass is 16.5. The van der Waals surface area contributed by atoms with Crippen LogP contribution in [0.2, 0.25) is 0 Å². The van der Waals surface area contributed by atoms with Crippen LogP contribution >= 0.6 is 0 Å². The number of benzene rings is 18. The van der Waals surface area contributed by atoms with Gasteiger partial charge in [0.25, 0.3) is 0 Å². The molecule has 0 unspecified atom stereocenters. The van der Waals surface area contributed by atoms with Crippen molar-refractivity contribution in [1.29, 1.82) is 0 Å². The number of hydrogen-bond donors (Lipinski definition) is 0. The van der Waals surface area contributed by atoms with E-state index >= 15 is 0 Å². The van der Waals surface area contributed by atoms with Crippen LogP contribution < -0.4 is 9.47 Å². The maximum atomic E-state index is 5.40. The Kier molecular flexibility index (Phi) is 17.8. The number of aromatic nitrogens is 6. The molecular weight excluding hydrogens is 1490 g/mol. The van der Waals surface area contributed by atoms with Crippen molar-refractivity contribution in [3.8, 4) is 79.0 Å². The highest BCUT2D eigenvalue weighted by molar-refractivity contribution is 6.17. The molecule has 8 nitrogen and oxygen atoms in total. The highest BCUT2D eigenvalue weighted by Crippen LogP contribution is 2.44. The molecule has 0 amide bonds.